The minimum absolute atomic E-state index is 0.0272. The average Bonchev–Trinajstić information content (AvgIpc) is 3.73. The Labute approximate surface area is 229 Å². The van der Waals surface area contributed by atoms with Gasteiger partial charge in [-0.15, -0.1) is 0 Å². The summed E-state index contributed by atoms with van der Waals surface area (Å²) in [5.41, 5.74) is 0.616. The number of amides is 1. The zero-order valence-electron chi connectivity index (χ0n) is 21.9. The van der Waals surface area contributed by atoms with E-state index in [9.17, 15) is 14.7 Å². The van der Waals surface area contributed by atoms with Crippen molar-refractivity contribution in [2.45, 2.75) is 19.0 Å². The number of hydrogen-bond acceptors (Lipinski definition) is 10. The lowest BCUT2D eigenvalue weighted by Crippen LogP contribution is -2.31. The van der Waals surface area contributed by atoms with Crippen LogP contribution < -0.4 is 28.4 Å². The molecule has 208 valence electrons. The first kappa shape index (κ1) is 25.4. The normalized spacial score (nSPS) is 18.8. The van der Waals surface area contributed by atoms with E-state index in [0.29, 0.717) is 60.3 Å². The standard InChI is InChI=1S/C28H27N3O9/c1-35-25-17(13-20-26(27(25)36-2)40-15-39-20)22-21(23(32)16-4-5-18-19(12-16)38-11-10-37-18)24(33)28(34)31(22)8-3-7-30-9-6-29-14-30/h4-6,9,12-14,22,32H,3,7-8,10-11,15H2,1-2H3/t22-/m1/s1. The van der Waals surface area contributed by atoms with E-state index in [1.807, 2.05) is 10.8 Å². The highest BCUT2D eigenvalue weighted by molar-refractivity contribution is 6.46. The molecule has 1 saturated heterocycles. The molecule has 3 aliphatic heterocycles. The third-order valence-corrected chi connectivity index (χ3v) is 7.04. The smallest absolute Gasteiger partial charge is 0.295 e. The largest absolute Gasteiger partial charge is 0.507 e. The Kier molecular flexibility index (Phi) is 6.58. The van der Waals surface area contributed by atoms with E-state index in [0.717, 1.165) is 0 Å². The number of aromatic nitrogens is 2. The van der Waals surface area contributed by atoms with Gasteiger partial charge < -0.3 is 43.0 Å². The molecule has 2 aromatic carbocycles. The summed E-state index contributed by atoms with van der Waals surface area (Å²) in [6.07, 6.45) is 5.69. The number of aliphatic hydroxyl groups is 1. The summed E-state index contributed by atoms with van der Waals surface area (Å²) in [4.78, 5) is 32.5. The van der Waals surface area contributed by atoms with Crippen molar-refractivity contribution in [3.63, 3.8) is 0 Å². The summed E-state index contributed by atoms with van der Waals surface area (Å²) in [6, 6.07) is 5.51. The van der Waals surface area contributed by atoms with Crippen molar-refractivity contribution in [2.75, 3.05) is 40.8 Å². The van der Waals surface area contributed by atoms with Crippen LogP contribution in [0.15, 0.2) is 48.6 Å². The van der Waals surface area contributed by atoms with Crippen LogP contribution in [-0.2, 0) is 16.1 Å². The number of methoxy groups -OCH3 is 2. The maximum absolute atomic E-state index is 13.6. The number of ketones is 1. The number of ether oxygens (including phenoxy) is 6. The topological polar surface area (TPSA) is 131 Å². The number of carbonyl (C=O) groups is 2. The Morgan fingerprint density at radius 1 is 1.00 bits per heavy atom. The third kappa shape index (κ3) is 4.21. The van der Waals surface area contributed by atoms with Gasteiger partial charge in [-0.25, -0.2) is 4.98 Å². The van der Waals surface area contributed by atoms with Gasteiger partial charge in [0, 0.05) is 36.6 Å². The minimum Gasteiger partial charge on any atom is -0.507 e. The van der Waals surface area contributed by atoms with E-state index in [1.54, 1.807) is 36.8 Å². The molecule has 3 aromatic rings. The van der Waals surface area contributed by atoms with Gasteiger partial charge in [0.2, 0.25) is 18.3 Å². The first-order valence-corrected chi connectivity index (χ1v) is 12.7. The Morgan fingerprint density at radius 3 is 2.55 bits per heavy atom. The summed E-state index contributed by atoms with van der Waals surface area (Å²) in [7, 11) is 2.91. The van der Waals surface area contributed by atoms with Crippen LogP contribution in [0.2, 0.25) is 0 Å². The Bertz CT molecular complexity index is 1500. The number of aliphatic hydroxyl groups excluding tert-OH is 1. The molecule has 4 heterocycles. The van der Waals surface area contributed by atoms with Crippen LogP contribution in [0.5, 0.6) is 34.5 Å². The van der Waals surface area contributed by atoms with Crippen molar-refractivity contribution < 1.29 is 43.1 Å². The van der Waals surface area contributed by atoms with Crippen molar-refractivity contribution in [1.82, 2.24) is 14.5 Å². The summed E-state index contributed by atoms with van der Waals surface area (Å²) in [5.74, 6) is 0.290. The number of carbonyl (C=O) groups excluding carboxylic acids is 2. The zero-order chi connectivity index (χ0) is 27.8. The lowest BCUT2D eigenvalue weighted by atomic mass is 9.93. The van der Waals surface area contributed by atoms with Gasteiger partial charge in [0.15, 0.2) is 23.0 Å². The Balaban J connectivity index is 1.48. The van der Waals surface area contributed by atoms with Crippen molar-refractivity contribution in [3.8, 4) is 34.5 Å². The monoisotopic (exact) mass is 549 g/mol. The highest BCUT2D eigenvalue weighted by Gasteiger charge is 2.48. The van der Waals surface area contributed by atoms with Crippen molar-refractivity contribution in [3.05, 3.63) is 59.7 Å². The van der Waals surface area contributed by atoms with Gasteiger partial charge in [-0.1, -0.05) is 0 Å². The van der Waals surface area contributed by atoms with Crippen molar-refractivity contribution in [2.24, 2.45) is 0 Å². The van der Waals surface area contributed by atoms with E-state index in [2.05, 4.69) is 4.98 Å². The molecule has 1 fully saturated rings. The van der Waals surface area contributed by atoms with Gasteiger partial charge in [0.1, 0.15) is 19.0 Å². The number of hydrogen-bond donors (Lipinski definition) is 1. The highest BCUT2D eigenvalue weighted by atomic mass is 16.7. The predicted octanol–water partition coefficient (Wildman–Crippen LogP) is 2.91. The van der Waals surface area contributed by atoms with Gasteiger partial charge in [-0.05, 0) is 30.7 Å². The Hall–Kier alpha value is -4.87. The average molecular weight is 550 g/mol. The summed E-state index contributed by atoms with van der Waals surface area (Å²) < 4.78 is 35.7. The second kappa shape index (κ2) is 10.4. The second-order valence-electron chi connectivity index (χ2n) is 9.27. The van der Waals surface area contributed by atoms with Crippen LogP contribution in [0.4, 0.5) is 0 Å². The molecule has 3 aliphatic rings. The van der Waals surface area contributed by atoms with Gasteiger partial charge in [0.05, 0.1) is 32.2 Å². The molecular weight excluding hydrogens is 522 g/mol. The number of fused-ring (bicyclic) bond motifs is 2. The third-order valence-electron chi connectivity index (χ3n) is 7.04. The molecular formula is C28H27N3O9. The van der Waals surface area contributed by atoms with E-state index >= 15 is 0 Å². The fraction of sp³-hybridized carbons (Fsp3) is 0.321. The lowest BCUT2D eigenvalue weighted by Gasteiger charge is -2.27. The number of aryl methyl sites for hydroxylation is 1. The zero-order valence-corrected chi connectivity index (χ0v) is 21.9. The molecule has 0 aliphatic carbocycles. The SMILES string of the molecule is COc1c([C@@H]2C(=C(O)c3ccc4c(c3)OCCO4)C(=O)C(=O)N2CCCn2ccnc2)cc2c(c1OC)OCO2. The molecule has 0 unspecified atom stereocenters. The number of imidazole rings is 1. The molecule has 6 rings (SSSR count). The van der Waals surface area contributed by atoms with Gasteiger partial charge in [0.25, 0.3) is 11.7 Å². The number of Topliss-reactive ketones (excluding diaryl/α,β-unsaturated/α-hetero) is 1. The molecule has 1 amide bonds. The predicted molar refractivity (Wildman–Crippen MR) is 139 cm³/mol. The van der Waals surface area contributed by atoms with E-state index in [4.69, 9.17) is 28.4 Å². The van der Waals surface area contributed by atoms with Crippen LogP contribution in [0.25, 0.3) is 5.76 Å². The fourth-order valence-electron chi connectivity index (χ4n) is 5.24. The molecule has 1 atom stereocenters. The first-order valence-electron chi connectivity index (χ1n) is 12.7. The summed E-state index contributed by atoms with van der Waals surface area (Å²) in [5, 5.41) is 11.6. The lowest BCUT2D eigenvalue weighted by molar-refractivity contribution is -0.140. The van der Waals surface area contributed by atoms with Crippen molar-refractivity contribution >= 4 is 17.4 Å². The van der Waals surface area contributed by atoms with Gasteiger partial charge in [-0.2, -0.15) is 0 Å². The van der Waals surface area contributed by atoms with Crippen LogP contribution >= 0.6 is 0 Å². The second-order valence-corrected chi connectivity index (χ2v) is 9.27. The molecule has 1 N–H and O–H groups in total. The first-order chi connectivity index (χ1) is 19.5. The highest BCUT2D eigenvalue weighted by Crippen LogP contribution is 2.54. The molecule has 0 saturated carbocycles. The minimum atomic E-state index is -1.01. The maximum atomic E-state index is 13.6. The van der Waals surface area contributed by atoms with E-state index in [1.165, 1.54) is 19.1 Å². The Morgan fingerprint density at radius 2 is 1.80 bits per heavy atom. The van der Waals surface area contributed by atoms with Gasteiger partial charge >= 0.3 is 0 Å². The molecule has 12 nitrogen and oxygen atoms in total. The summed E-state index contributed by atoms with van der Waals surface area (Å²) in [6.45, 7) is 1.52. The number of rotatable bonds is 8. The molecule has 12 heteroatoms. The molecule has 0 radical (unpaired) electrons. The molecule has 0 spiro atoms. The fourth-order valence-corrected chi connectivity index (χ4v) is 5.24. The van der Waals surface area contributed by atoms with Crippen LogP contribution in [0.1, 0.15) is 23.6 Å². The van der Waals surface area contributed by atoms with Crippen LogP contribution in [0, 0.1) is 0 Å². The molecule has 1 aromatic heterocycles. The molecule has 0 bridgehead atoms. The maximum Gasteiger partial charge on any atom is 0.295 e. The number of likely N-dealkylation sites (tertiary alicyclic amines) is 1. The number of benzene rings is 2. The van der Waals surface area contributed by atoms with Crippen LogP contribution in [-0.4, -0.2) is 72.0 Å². The molecule has 40 heavy (non-hydrogen) atoms. The number of nitrogens with zero attached hydrogens (tertiary/aromatic N) is 3. The van der Waals surface area contributed by atoms with Gasteiger partial charge in [-0.3, -0.25) is 9.59 Å². The summed E-state index contributed by atoms with van der Waals surface area (Å²) >= 11 is 0. The van der Waals surface area contributed by atoms with Crippen LogP contribution in [0.3, 0.4) is 0 Å². The van der Waals surface area contributed by atoms with E-state index in [-0.39, 0.29) is 36.2 Å². The van der Waals surface area contributed by atoms with Crippen molar-refractivity contribution in [1.29, 1.82) is 0 Å². The van der Waals surface area contributed by atoms with E-state index < -0.39 is 17.7 Å². The quantitative estimate of drug-likeness (QED) is 0.254.